The molecular weight excluding hydrogens is 340 g/mol. The molecule has 0 aliphatic carbocycles. The van der Waals surface area contributed by atoms with Gasteiger partial charge in [0.05, 0.1) is 22.3 Å². The highest BCUT2D eigenvalue weighted by atomic mass is 35.5. The second kappa shape index (κ2) is 6.99. The number of aliphatic imine (C=N–C) groups is 1. The van der Waals surface area contributed by atoms with E-state index in [9.17, 15) is 4.79 Å². The lowest BCUT2D eigenvalue weighted by Crippen LogP contribution is -2.35. The first-order valence-electron chi connectivity index (χ1n) is 7.84. The van der Waals surface area contributed by atoms with E-state index in [2.05, 4.69) is 18.0 Å². The van der Waals surface area contributed by atoms with Crippen LogP contribution in [-0.2, 0) is 0 Å². The number of amidine groups is 1. The SMILES string of the molecule is Cc1ccc(N(C(=O)c2ccccc2Cl)C2=N[C@H](C)CS2)c(C)c1. The molecule has 0 spiro atoms. The van der Waals surface area contributed by atoms with Gasteiger partial charge in [0, 0.05) is 5.75 Å². The van der Waals surface area contributed by atoms with Gasteiger partial charge in [0.15, 0.2) is 5.17 Å². The van der Waals surface area contributed by atoms with Gasteiger partial charge in [0.1, 0.15) is 0 Å². The van der Waals surface area contributed by atoms with E-state index in [1.54, 1.807) is 28.8 Å². The van der Waals surface area contributed by atoms with E-state index in [0.29, 0.717) is 10.6 Å². The highest BCUT2D eigenvalue weighted by Crippen LogP contribution is 2.31. The summed E-state index contributed by atoms with van der Waals surface area (Å²) in [5.41, 5.74) is 3.54. The first-order chi connectivity index (χ1) is 11.5. The quantitative estimate of drug-likeness (QED) is 0.748. The largest absolute Gasteiger partial charge is 0.268 e. The van der Waals surface area contributed by atoms with Gasteiger partial charge in [-0.15, -0.1) is 0 Å². The Bertz CT molecular complexity index is 819. The monoisotopic (exact) mass is 358 g/mol. The Kier molecular flexibility index (Phi) is 4.97. The summed E-state index contributed by atoms with van der Waals surface area (Å²) in [6, 6.07) is 13.4. The third-order valence-corrected chi connectivity index (χ3v) is 5.40. The molecule has 1 heterocycles. The smallest absolute Gasteiger partial charge is 0.265 e. The second-order valence-electron chi connectivity index (χ2n) is 5.98. The molecule has 5 heteroatoms. The van der Waals surface area contributed by atoms with Crippen molar-refractivity contribution < 1.29 is 4.79 Å². The van der Waals surface area contributed by atoms with E-state index in [1.807, 2.05) is 38.1 Å². The van der Waals surface area contributed by atoms with Gasteiger partial charge in [-0.3, -0.25) is 14.7 Å². The lowest BCUT2D eigenvalue weighted by atomic mass is 10.1. The number of thioether (sulfide) groups is 1. The minimum atomic E-state index is -0.145. The molecule has 1 aliphatic rings. The summed E-state index contributed by atoms with van der Waals surface area (Å²) < 4.78 is 0. The summed E-state index contributed by atoms with van der Waals surface area (Å²) >= 11 is 7.86. The Balaban J connectivity index is 2.11. The lowest BCUT2D eigenvalue weighted by Gasteiger charge is -2.24. The third-order valence-electron chi connectivity index (χ3n) is 3.88. The van der Waals surface area contributed by atoms with Crippen LogP contribution >= 0.6 is 23.4 Å². The van der Waals surface area contributed by atoms with Gasteiger partial charge < -0.3 is 0 Å². The van der Waals surface area contributed by atoms with Crippen LogP contribution in [0, 0.1) is 13.8 Å². The summed E-state index contributed by atoms with van der Waals surface area (Å²) in [6.45, 7) is 6.11. The minimum absolute atomic E-state index is 0.145. The number of hydrogen-bond donors (Lipinski definition) is 0. The van der Waals surface area contributed by atoms with Crippen LogP contribution in [0.1, 0.15) is 28.4 Å². The van der Waals surface area contributed by atoms with Crippen LogP contribution in [0.4, 0.5) is 5.69 Å². The molecule has 124 valence electrons. The second-order valence-corrected chi connectivity index (χ2v) is 7.38. The zero-order chi connectivity index (χ0) is 17.3. The summed E-state index contributed by atoms with van der Waals surface area (Å²) in [6.07, 6.45) is 0. The normalized spacial score (nSPS) is 16.8. The van der Waals surface area contributed by atoms with Gasteiger partial charge >= 0.3 is 0 Å². The van der Waals surface area contributed by atoms with E-state index in [4.69, 9.17) is 11.6 Å². The van der Waals surface area contributed by atoms with E-state index in [0.717, 1.165) is 27.7 Å². The van der Waals surface area contributed by atoms with Crippen LogP contribution in [-0.4, -0.2) is 22.9 Å². The molecule has 3 nitrogen and oxygen atoms in total. The maximum absolute atomic E-state index is 13.2. The van der Waals surface area contributed by atoms with Crippen molar-refractivity contribution in [2.45, 2.75) is 26.8 Å². The van der Waals surface area contributed by atoms with E-state index >= 15 is 0 Å². The van der Waals surface area contributed by atoms with Gasteiger partial charge in [-0.2, -0.15) is 0 Å². The molecule has 2 aromatic rings. The van der Waals surface area contributed by atoms with E-state index in [1.165, 1.54) is 0 Å². The van der Waals surface area contributed by atoms with Crippen molar-refractivity contribution in [3.05, 3.63) is 64.2 Å². The summed E-state index contributed by atoms with van der Waals surface area (Å²) in [5, 5.41) is 1.19. The first kappa shape index (κ1) is 17.1. The van der Waals surface area contributed by atoms with Gasteiger partial charge in [0.2, 0.25) is 0 Å². The maximum atomic E-state index is 13.2. The number of carbonyl (C=O) groups excluding carboxylic acids is 1. The Morgan fingerprint density at radius 3 is 2.62 bits per heavy atom. The molecule has 3 rings (SSSR count). The molecule has 2 aromatic carbocycles. The molecule has 1 atom stereocenters. The fraction of sp³-hybridized carbons (Fsp3) is 0.263. The lowest BCUT2D eigenvalue weighted by molar-refractivity contribution is 0.100. The number of hydrogen-bond acceptors (Lipinski definition) is 3. The number of aryl methyl sites for hydroxylation is 2. The molecule has 0 saturated heterocycles. The van der Waals surface area contributed by atoms with Gasteiger partial charge in [-0.25, -0.2) is 0 Å². The predicted octanol–water partition coefficient (Wildman–Crippen LogP) is 5.09. The number of nitrogens with zero attached hydrogens (tertiary/aromatic N) is 2. The number of carbonyl (C=O) groups is 1. The van der Waals surface area contributed by atoms with Crippen LogP contribution < -0.4 is 4.90 Å². The molecule has 1 amide bonds. The van der Waals surface area contributed by atoms with Gasteiger partial charge in [-0.1, -0.05) is 53.2 Å². The summed E-state index contributed by atoms with van der Waals surface area (Å²) in [5.74, 6) is 0.736. The first-order valence-corrected chi connectivity index (χ1v) is 9.20. The molecule has 0 aromatic heterocycles. The Labute approximate surface area is 151 Å². The number of rotatable bonds is 2. The van der Waals surface area contributed by atoms with Crippen molar-refractivity contribution in [2.75, 3.05) is 10.7 Å². The standard InChI is InChI=1S/C19H19ClN2OS/c1-12-8-9-17(13(2)10-12)22(19-21-14(3)11-24-19)18(23)15-6-4-5-7-16(15)20/h4-10,14H,11H2,1-3H3/t14-/m1/s1. The van der Waals surface area contributed by atoms with Crippen molar-refractivity contribution in [1.29, 1.82) is 0 Å². The Morgan fingerprint density at radius 1 is 1.25 bits per heavy atom. The molecule has 0 N–H and O–H groups in total. The Morgan fingerprint density at radius 2 is 2.00 bits per heavy atom. The molecule has 1 aliphatic heterocycles. The van der Waals surface area contributed by atoms with Crippen LogP contribution in [0.15, 0.2) is 47.5 Å². The predicted molar refractivity (Wildman–Crippen MR) is 104 cm³/mol. The van der Waals surface area contributed by atoms with Gasteiger partial charge in [0.25, 0.3) is 5.91 Å². The number of anilines is 1. The molecule has 0 radical (unpaired) electrons. The molecular formula is C19H19ClN2OS. The Hall–Kier alpha value is -1.78. The van der Waals surface area contributed by atoms with Crippen molar-refractivity contribution in [1.82, 2.24) is 0 Å². The van der Waals surface area contributed by atoms with Crippen LogP contribution in [0.2, 0.25) is 5.02 Å². The third kappa shape index (κ3) is 3.35. The summed E-state index contributed by atoms with van der Waals surface area (Å²) in [7, 11) is 0. The van der Waals surface area contributed by atoms with Crippen molar-refractivity contribution in [3.63, 3.8) is 0 Å². The van der Waals surface area contributed by atoms with Crippen molar-refractivity contribution in [3.8, 4) is 0 Å². The van der Waals surface area contributed by atoms with Crippen LogP contribution in [0.5, 0.6) is 0 Å². The van der Waals surface area contributed by atoms with E-state index in [-0.39, 0.29) is 11.9 Å². The fourth-order valence-corrected chi connectivity index (χ4v) is 3.94. The molecule has 0 unspecified atom stereocenters. The highest BCUT2D eigenvalue weighted by Gasteiger charge is 2.29. The molecule has 0 bridgehead atoms. The van der Waals surface area contributed by atoms with E-state index < -0.39 is 0 Å². The highest BCUT2D eigenvalue weighted by molar-refractivity contribution is 8.14. The molecule has 0 saturated carbocycles. The number of amides is 1. The van der Waals surface area contributed by atoms with Crippen LogP contribution in [0.3, 0.4) is 0 Å². The summed E-state index contributed by atoms with van der Waals surface area (Å²) in [4.78, 5) is 19.6. The topological polar surface area (TPSA) is 32.7 Å². The molecule has 24 heavy (non-hydrogen) atoms. The zero-order valence-electron chi connectivity index (χ0n) is 13.9. The number of benzene rings is 2. The number of halogens is 1. The minimum Gasteiger partial charge on any atom is -0.268 e. The zero-order valence-corrected chi connectivity index (χ0v) is 15.5. The van der Waals surface area contributed by atoms with Crippen LogP contribution in [0.25, 0.3) is 0 Å². The van der Waals surface area contributed by atoms with Gasteiger partial charge in [-0.05, 0) is 44.5 Å². The molecule has 0 fully saturated rings. The average Bonchev–Trinajstić information content (AvgIpc) is 2.96. The van der Waals surface area contributed by atoms with Crippen molar-refractivity contribution in [2.24, 2.45) is 4.99 Å². The maximum Gasteiger partial charge on any atom is 0.265 e. The van der Waals surface area contributed by atoms with Crippen molar-refractivity contribution >= 4 is 40.1 Å². The average molecular weight is 359 g/mol. The fourth-order valence-electron chi connectivity index (χ4n) is 2.69.